The molecule has 2 N–H and O–H groups in total. The van der Waals surface area contributed by atoms with Gasteiger partial charge in [-0.1, -0.05) is 6.07 Å². The van der Waals surface area contributed by atoms with Gasteiger partial charge in [0.1, 0.15) is 0 Å². The highest BCUT2D eigenvalue weighted by molar-refractivity contribution is 5.72. The Bertz CT molecular complexity index is 313. The Morgan fingerprint density at radius 3 is 2.80 bits per heavy atom. The number of hydrogen-bond donors (Lipinski definition) is 2. The molecule has 6 nitrogen and oxygen atoms in total. The molecule has 0 saturated heterocycles. The van der Waals surface area contributed by atoms with E-state index in [9.17, 15) is 4.79 Å². The van der Waals surface area contributed by atoms with Crippen molar-refractivity contribution in [3.8, 4) is 5.88 Å². The van der Waals surface area contributed by atoms with Crippen LogP contribution in [0.15, 0.2) is 18.3 Å². The van der Waals surface area contributed by atoms with Crippen LogP contribution < -0.4 is 15.5 Å². The molecule has 1 heterocycles. The van der Waals surface area contributed by atoms with Crippen molar-refractivity contribution in [2.75, 3.05) is 14.2 Å². The van der Waals surface area contributed by atoms with Gasteiger partial charge in [-0.15, -0.1) is 0 Å². The Kier molecular flexibility index (Phi) is 4.36. The number of methoxy groups -OCH3 is 1. The number of hydrogen-bond acceptors (Lipinski definition) is 4. The van der Waals surface area contributed by atoms with Crippen molar-refractivity contribution in [1.29, 1.82) is 0 Å². The summed E-state index contributed by atoms with van der Waals surface area (Å²) in [7, 11) is 2.92. The Morgan fingerprint density at radius 1 is 1.47 bits per heavy atom. The van der Waals surface area contributed by atoms with Gasteiger partial charge in [-0.25, -0.2) is 15.3 Å². The molecule has 0 atom stereocenters. The number of carbonyl (C=O) groups excluding carboxylic acids is 1. The van der Waals surface area contributed by atoms with E-state index in [1.54, 1.807) is 19.4 Å². The molecule has 0 saturated carbocycles. The van der Waals surface area contributed by atoms with Gasteiger partial charge >= 0.3 is 6.03 Å². The van der Waals surface area contributed by atoms with E-state index in [1.807, 2.05) is 6.07 Å². The van der Waals surface area contributed by atoms with E-state index < -0.39 is 6.03 Å². The number of urea groups is 1. The van der Waals surface area contributed by atoms with E-state index in [0.29, 0.717) is 12.4 Å². The van der Waals surface area contributed by atoms with Gasteiger partial charge in [0.25, 0.3) is 0 Å². The lowest BCUT2D eigenvalue weighted by atomic mass is 10.3. The first kappa shape index (κ1) is 11.3. The number of nitrogens with one attached hydrogen (secondary N) is 2. The van der Waals surface area contributed by atoms with Gasteiger partial charge in [-0.2, -0.15) is 0 Å². The van der Waals surface area contributed by atoms with E-state index in [-0.39, 0.29) is 0 Å². The zero-order valence-electron chi connectivity index (χ0n) is 8.61. The number of rotatable bonds is 4. The quantitative estimate of drug-likeness (QED) is 0.709. The number of amides is 2. The largest absolute Gasteiger partial charge is 0.481 e. The van der Waals surface area contributed by atoms with Crippen molar-refractivity contribution in [1.82, 2.24) is 15.8 Å². The second-order valence-electron chi connectivity index (χ2n) is 2.70. The minimum Gasteiger partial charge on any atom is -0.481 e. The molecule has 1 aromatic heterocycles. The molecule has 0 bridgehead atoms. The Balaban J connectivity index is 2.40. The van der Waals surface area contributed by atoms with Gasteiger partial charge in [-0.3, -0.25) is 4.84 Å². The zero-order chi connectivity index (χ0) is 11.1. The van der Waals surface area contributed by atoms with Gasteiger partial charge in [0.05, 0.1) is 14.2 Å². The van der Waals surface area contributed by atoms with Gasteiger partial charge in [0.15, 0.2) is 0 Å². The summed E-state index contributed by atoms with van der Waals surface area (Å²) in [4.78, 5) is 19.4. The van der Waals surface area contributed by atoms with Crippen molar-refractivity contribution < 1.29 is 14.4 Å². The molecule has 0 unspecified atom stereocenters. The number of carbonyl (C=O) groups is 1. The highest BCUT2D eigenvalue weighted by atomic mass is 16.6. The lowest BCUT2D eigenvalue weighted by molar-refractivity contribution is 0.107. The number of ether oxygens (including phenoxy) is 1. The summed E-state index contributed by atoms with van der Waals surface area (Å²) in [6, 6.07) is 3.15. The summed E-state index contributed by atoms with van der Waals surface area (Å²) < 4.78 is 4.90. The highest BCUT2D eigenvalue weighted by Crippen LogP contribution is 2.05. The van der Waals surface area contributed by atoms with Crippen LogP contribution in [-0.4, -0.2) is 25.2 Å². The molecule has 1 aromatic rings. The van der Waals surface area contributed by atoms with Crippen molar-refractivity contribution in [3.05, 3.63) is 23.9 Å². The van der Waals surface area contributed by atoms with Crippen molar-refractivity contribution in [3.63, 3.8) is 0 Å². The SMILES string of the molecule is CONC(=O)NCc1ccc(OC)nc1. The molecule has 1 rings (SSSR count). The summed E-state index contributed by atoms with van der Waals surface area (Å²) in [6.07, 6.45) is 1.63. The number of nitrogens with zero attached hydrogens (tertiary/aromatic N) is 1. The van der Waals surface area contributed by atoms with Crippen LogP contribution in [0.3, 0.4) is 0 Å². The average Bonchev–Trinajstić information content (AvgIpc) is 2.27. The standard InChI is InChI=1S/C9H13N3O3/c1-14-8-4-3-7(5-10-8)6-11-9(13)12-15-2/h3-5H,6H2,1-2H3,(H2,11,12,13). The zero-order valence-corrected chi connectivity index (χ0v) is 8.61. The van der Waals surface area contributed by atoms with Gasteiger partial charge in [0.2, 0.25) is 5.88 Å². The van der Waals surface area contributed by atoms with E-state index >= 15 is 0 Å². The molecule has 6 heteroatoms. The summed E-state index contributed by atoms with van der Waals surface area (Å²) in [5, 5.41) is 2.58. The van der Waals surface area contributed by atoms with Gasteiger partial charge in [-0.05, 0) is 5.56 Å². The van der Waals surface area contributed by atoms with E-state index in [1.165, 1.54) is 7.11 Å². The van der Waals surface area contributed by atoms with Crippen molar-refractivity contribution in [2.24, 2.45) is 0 Å². The van der Waals surface area contributed by atoms with Gasteiger partial charge in [0, 0.05) is 18.8 Å². The molecule has 82 valence electrons. The van der Waals surface area contributed by atoms with Crippen LogP contribution in [0.25, 0.3) is 0 Å². The van der Waals surface area contributed by atoms with Crippen LogP contribution in [-0.2, 0) is 11.4 Å². The Labute approximate surface area is 87.6 Å². The van der Waals surface area contributed by atoms with Crippen LogP contribution in [0.2, 0.25) is 0 Å². The van der Waals surface area contributed by atoms with Gasteiger partial charge < -0.3 is 10.1 Å². The fourth-order valence-electron chi connectivity index (χ4n) is 0.947. The van der Waals surface area contributed by atoms with E-state index in [2.05, 4.69) is 20.6 Å². The third-order valence-corrected chi connectivity index (χ3v) is 1.65. The summed E-state index contributed by atoms with van der Waals surface area (Å²) >= 11 is 0. The van der Waals surface area contributed by atoms with Crippen molar-refractivity contribution in [2.45, 2.75) is 6.54 Å². The second kappa shape index (κ2) is 5.82. The second-order valence-corrected chi connectivity index (χ2v) is 2.70. The molecule has 0 radical (unpaired) electrons. The minimum atomic E-state index is -0.395. The van der Waals surface area contributed by atoms with Crippen LogP contribution in [0.1, 0.15) is 5.56 Å². The monoisotopic (exact) mass is 211 g/mol. The Hall–Kier alpha value is -1.82. The average molecular weight is 211 g/mol. The summed E-state index contributed by atoms with van der Waals surface area (Å²) in [5.41, 5.74) is 3.02. The Morgan fingerprint density at radius 2 is 2.27 bits per heavy atom. The number of hydroxylamine groups is 1. The molecule has 0 fully saturated rings. The molecule has 15 heavy (non-hydrogen) atoms. The third kappa shape index (κ3) is 3.82. The lowest BCUT2D eigenvalue weighted by Crippen LogP contribution is -2.34. The number of pyridine rings is 1. The van der Waals surface area contributed by atoms with Crippen LogP contribution in [0.4, 0.5) is 4.79 Å². The summed E-state index contributed by atoms with van der Waals surface area (Å²) in [5.74, 6) is 0.542. The smallest absolute Gasteiger partial charge is 0.338 e. The minimum absolute atomic E-state index is 0.381. The number of aromatic nitrogens is 1. The summed E-state index contributed by atoms with van der Waals surface area (Å²) in [6.45, 7) is 0.381. The van der Waals surface area contributed by atoms with E-state index in [0.717, 1.165) is 5.56 Å². The predicted octanol–water partition coefficient (Wildman–Crippen LogP) is 0.451. The predicted molar refractivity (Wildman–Crippen MR) is 53.2 cm³/mol. The van der Waals surface area contributed by atoms with E-state index in [4.69, 9.17) is 4.74 Å². The molecule has 0 aliphatic rings. The van der Waals surface area contributed by atoms with Crippen molar-refractivity contribution >= 4 is 6.03 Å². The van der Waals surface area contributed by atoms with Crippen LogP contribution in [0, 0.1) is 0 Å². The molecule has 0 aromatic carbocycles. The first-order valence-electron chi connectivity index (χ1n) is 4.32. The maximum absolute atomic E-state index is 10.9. The third-order valence-electron chi connectivity index (χ3n) is 1.65. The maximum atomic E-state index is 10.9. The topological polar surface area (TPSA) is 72.5 Å². The fraction of sp³-hybridized carbons (Fsp3) is 0.333. The molecule has 0 spiro atoms. The molecular formula is C9H13N3O3. The normalized spacial score (nSPS) is 9.47. The lowest BCUT2D eigenvalue weighted by Gasteiger charge is -2.05. The first-order valence-corrected chi connectivity index (χ1v) is 4.32. The van der Waals surface area contributed by atoms with Crippen LogP contribution >= 0.6 is 0 Å². The highest BCUT2D eigenvalue weighted by Gasteiger charge is 1.99. The molecule has 2 amide bonds. The van der Waals surface area contributed by atoms with Crippen LogP contribution in [0.5, 0.6) is 5.88 Å². The molecular weight excluding hydrogens is 198 g/mol. The first-order chi connectivity index (χ1) is 7.26. The maximum Gasteiger partial charge on any atom is 0.338 e. The fourth-order valence-corrected chi connectivity index (χ4v) is 0.947. The molecule has 0 aliphatic heterocycles. The molecule has 0 aliphatic carbocycles.